The fourth-order valence-corrected chi connectivity index (χ4v) is 2.93. The zero-order valence-electron chi connectivity index (χ0n) is 14.6. The summed E-state index contributed by atoms with van der Waals surface area (Å²) in [4.78, 5) is 37.6. The van der Waals surface area contributed by atoms with Crippen LogP contribution in [0, 0.1) is 12.8 Å². The number of primary amides is 1. The van der Waals surface area contributed by atoms with Crippen molar-refractivity contribution in [2.75, 3.05) is 6.54 Å². The number of carbonyl (C=O) groups excluding carboxylic acids is 2. The molecule has 1 aromatic heterocycles. The van der Waals surface area contributed by atoms with Crippen molar-refractivity contribution < 1.29 is 18.4 Å². The molecule has 2 N–H and O–H groups in total. The van der Waals surface area contributed by atoms with Crippen LogP contribution in [0.25, 0.3) is 0 Å². The summed E-state index contributed by atoms with van der Waals surface area (Å²) < 4.78 is 28.8. The van der Waals surface area contributed by atoms with Crippen LogP contribution in [0.1, 0.15) is 42.6 Å². The molecule has 0 spiro atoms. The van der Waals surface area contributed by atoms with Crippen molar-refractivity contribution in [2.45, 2.75) is 52.1 Å². The molecular weight excluding hydrogens is 332 g/mol. The Bertz CT molecular complexity index is 743. The lowest BCUT2D eigenvalue weighted by molar-refractivity contribution is -0.121. The third kappa shape index (κ3) is 4.05. The summed E-state index contributed by atoms with van der Waals surface area (Å²) in [6.45, 7) is 5.09. The van der Waals surface area contributed by atoms with Gasteiger partial charge in [-0.05, 0) is 30.9 Å². The maximum Gasteiger partial charge on any atom is 0.267 e. The Labute approximate surface area is 144 Å². The van der Waals surface area contributed by atoms with Gasteiger partial charge in [-0.2, -0.15) is 0 Å². The van der Waals surface area contributed by atoms with E-state index in [1.165, 1.54) is 4.57 Å². The third-order valence-electron chi connectivity index (χ3n) is 4.39. The predicted octanol–water partition coefficient (Wildman–Crippen LogP) is 1.54. The van der Waals surface area contributed by atoms with E-state index >= 15 is 0 Å². The monoisotopic (exact) mass is 355 g/mol. The Morgan fingerprint density at radius 1 is 1.40 bits per heavy atom. The Morgan fingerprint density at radius 2 is 2.04 bits per heavy atom. The number of rotatable bonds is 5. The summed E-state index contributed by atoms with van der Waals surface area (Å²) in [6.07, 6.45) is 1.50. The van der Waals surface area contributed by atoms with Gasteiger partial charge in [-0.1, -0.05) is 13.8 Å². The molecule has 1 fully saturated rings. The first-order valence-corrected chi connectivity index (χ1v) is 8.21. The molecule has 2 heterocycles. The van der Waals surface area contributed by atoms with Gasteiger partial charge < -0.3 is 15.2 Å². The van der Waals surface area contributed by atoms with Gasteiger partial charge in [0.05, 0.1) is 6.54 Å². The number of aryl methyl sites for hydroxylation is 2. The Hall–Kier alpha value is -2.25. The summed E-state index contributed by atoms with van der Waals surface area (Å²) in [7, 11) is 0. The van der Waals surface area contributed by atoms with Crippen molar-refractivity contribution in [3.05, 3.63) is 33.7 Å². The van der Waals surface area contributed by atoms with E-state index in [9.17, 15) is 23.2 Å². The van der Waals surface area contributed by atoms with Crippen LogP contribution in [0.2, 0.25) is 0 Å². The molecule has 0 radical (unpaired) electrons. The van der Waals surface area contributed by atoms with E-state index in [0.29, 0.717) is 18.0 Å². The van der Waals surface area contributed by atoms with Gasteiger partial charge in [-0.25, -0.2) is 8.78 Å². The molecular formula is C17H23F2N3O3. The number of hydrogen-bond donors (Lipinski definition) is 1. The van der Waals surface area contributed by atoms with Crippen molar-refractivity contribution in [3.63, 3.8) is 0 Å². The molecule has 2 amide bonds. The summed E-state index contributed by atoms with van der Waals surface area (Å²) in [5.74, 6) is -4.71. The number of carbonyl (C=O) groups is 2. The minimum Gasteiger partial charge on any atom is -0.368 e. The van der Waals surface area contributed by atoms with E-state index in [4.69, 9.17) is 5.73 Å². The predicted molar refractivity (Wildman–Crippen MR) is 88.5 cm³/mol. The van der Waals surface area contributed by atoms with E-state index < -0.39 is 42.3 Å². The molecule has 2 rings (SSSR count). The molecule has 1 atom stereocenters. The number of halogens is 2. The van der Waals surface area contributed by atoms with Gasteiger partial charge in [-0.15, -0.1) is 0 Å². The zero-order chi connectivity index (χ0) is 18.9. The number of nitrogens with two attached hydrogens (primary N) is 1. The van der Waals surface area contributed by atoms with Crippen molar-refractivity contribution in [2.24, 2.45) is 11.7 Å². The average molecular weight is 355 g/mol. The fourth-order valence-electron chi connectivity index (χ4n) is 2.93. The third-order valence-corrected chi connectivity index (χ3v) is 4.39. The number of alkyl halides is 2. The molecule has 0 saturated carbocycles. The Morgan fingerprint density at radius 3 is 2.60 bits per heavy atom. The molecule has 0 aliphatic carbocycles. The second-order valence-corrected chi connectivity index (χ2v) is 6.97. The standard InChI is InChI=1S/C17H23F2N3O3/c1-10(2)4-6-21-7-5-11(3)13(15(21)24)16(25)22-9-17(18,19)8-12(22)14(20)23/h5,7,10,12H,4,6,8-9H2,1-3H3,(H2,20,23)/t12-/m0/s1. The lowest BCUT2D eigenvalue weighted by atomic mass is 10.1. The molecule has 1 saturated heterocycles. The van der Waals surface area contributed by atoms with E-state index in [0.717, 1.165) is 11.3 Å². The largest absolute Gasteiger partial charge is 0.368 e. The van der Waals surface area contributed by atoms with E-state index in [-0.39, 0.29) is 5.56 Å². The highest BCUT2D eigenvalue weighted by atomic mass is 19.3. The normalized spacial score (nSPS) is 19.4. The molecule has 1 aromatic rings. The molecule has 0 unspecified atom stereocenters. The topological polar surface area (TPSA) is 85.4 Å². The summed E-state index contributed by atoms with van der Waals surface area (Å²) in [5, 5.41) is 0. The van der Waals surface area contributed by atoms with Gasteiger partial charge >= 0.3 is 0 Å². The summed E-state index contributed by atoms with van der Waals surface area (Å²) >= 11 is 0. The molecule has 25 heavy (non-hydrogen) atoms. The second kappa shape index (κ2) is 6.93. The first-order valence-electron chi connectivity index (χ1n) is 8.21. The lowest BCUT2D eigenvalue weighted by Crippen LogP contribution is -2.46. The highest BCUT2D eigenvalue weighted by molar-refractivity contribution is 5.98. The average Bonchev–Trinajstić information content (AvgIpc) is 2.82. The van der Waals surface area contributed by atoms with E-state index in [2.05, 4.69) is 0 Å². The van der Waals surface area contributed by atoms with Gasteiger partial charge in [-0.3, -0.25) is 14.4 Å². The van der Waals surface area contributed by atoms with Crippen LogP contribution in [0.3, 0.4) is 0 Å². The smallest absolute Gasteiger partial charge is 0.267 e. The maximum atomic E-state index is 13.7. The van der Waals surface area contributed by atoms with E-state index in [1.54, 1.807) is 19.2 Å². The second-order valence-electron chi connectivity index (χ2n) is 6.97. The molecule has 0 aromatic carbocycles. The highest BCUT2D eigenvalue weighted by Crippen LogP contribution is 2.32. The number of hydrogen-bond acceptors (Lipinski definition) is 3. The van der Waals surface area contributed by atoms with Gasteiger partial charge in [0.1, 0.15) is 11.6 Å². The molecule has 1 aliphatic heterocycles. The number of likely N-dealkylation sites (tertiary alicyclic amines) is 1. The lowest BCUT2D eigenvalue weighted by Gasteiger charge is -2.22. The maximum absolute atomic E-state index is 13.7. The number of nitrogens with zero attached hydrogens (tertiary/aromatic N) is 2. The van der Waals surface area contributed by atoms with Crippen molar-refractivity contribution >= 4 is 11.8 Å². The van der Waals surface area contributed by atoms with Crippen LogP contribution in [0.5, 0.6) is 0 Å². The van der Waals surface area contributed by atoms with Crippen LogP contribution in [-0.2, 0) is 11.3 Å². The SMILES string of the molecule is Cc1ccn(CCC(C)C)c(=O)c1C(=O)N1CC(F)(F)C[C@H]1C(N)=O. The molecule has 6 nitrogen and oxygen atoms in total. The number of pyridine rings is 1. The minimum absolute atomic E-state index is 0.185. The van der Waals surface area contributed by atoms with Crippen molar-refractivity contribution in [1.29, 1.82) is 0 Å². The Balaban J connectivity index is 2.40. The molecule has 1 aliphatic rings. The minimum atomic E-state index is -3.20. The van der Waals surface area contributed by atoms with Gasteiger partial charge in [0.15, 0.2) is 0 Å². The number of aromatic nitrogens is 1. The first kappa shape index (κ1) is 19.1. The first-order chi connectivity index (χ1) is 11.5. The van der Waals surface area contributed by atoms with Gasteiger partial charge in [0.25, 0.3) is 17.4 Å². The summed E-state index contributed by atoms with van der Waals surface area (Å²) in [5.41, 5.74) is 4.82. The van der Waals surface area contributed by atoms with Crippen LogP contribution >= 0.6 is 0 Å². The quantitative estimate of drug-likeness (QED) is 0.869. The van der Waals surface area contributed by atoms with Gasteiger partial charge in [0.2, 0.25) is 5.91 Å². The fraction of sp³-hybridized carbons (Fsp3) is 0.588. The molecule has 138 valence electrons. The number of amides is 2. The zero-order valence-corrected chi connectivity index (χ0v) is 14.6. The molecule has 8 heteroatoms. The van der Waals surface area contributed by atoms with Crippen molar-refractivity contribution in [1.82, 2.24) is 9.47 Å². The molecule has 0 bridgehead atoms. The highest BCUT2D eigenvalue weighted by Gasteiger charge is 2.50. The Kier molecular flexibility index (Phi) is 5.29. The summed E-state index contributed by atoms with van der Waals surface area (Å²) in [6, 6.07) is 0.188. The van der Waals surface area contributed by atoms with E-state index in [1.807, 2.05) is 13.8 Å². The van der Waals surface area contributed by atoms with Gasteiger partial charge in [0, 0.05) is 19.2 Å². The van der Waals surface area contributed by atoms with Crippen molar-refractivity contribution in [3.8, 4) is 0 Å². The van der Waals surface area contributed by atoms with Crippen LogP contribution in [0.4, 0.5) is 8.78 Å². The van der Waals surface area contributed by atoms with Crippen LogP contribution < -0.4 is 11.3 Å². The van der Waals surface area contributed by atoms with Crippen LogP contribution in [0.15, 0.2) is 17.1 Å². The van der Waals surface area contributed by atoms with Crippen LogP contribution in [-0.4, -0.2) is 39.8 Å².